The molecule has 0 aliphatic carbocycles. The Kier molecular flexibility index (Phi) is 5.25. The van der Waals surface area contributed by atoms with Crippen LogP contribution in [0.15, 0.2) is 72.2 Å². The van der Waals surface area contributed by atoms with Crippen molar-refractivity contribution in [2.24, 2.45) is 0 Å². The summed E-state index contributed by atoms with van der Waals surface area (Å²) in [5.41, 5.74) is 1.92. The fraction of sp³-hybridized carbons (Fsp3) is 0.0476. The van der Waals surface area contributed by atoms with Gasteiger partial charge in [-0.1, -0.05) is 23.7 Å². The molecule has 0 saturated heterocycles. The molecule has 0 aliphatic rings. The lowest BCUT2D eigenvalue weighted by Crippen LogP contribution is -2.05. The molecule has 2 heterocycles. The van der Waals surface area contributed by atoms with E-state index in [1.165, 1.54) is 17.4 Å². The average Bonchev–Trinajstić information content (AvgIpc) is 3.19. The second-order valence-corrected chi connectivity index (χ2v) is 7.35. The van der Waals surface area contributed by atoms with E-state index in [-0.39, 0.29) is 5.88 Å². The molecule has 3 nitrogen and oxygen atoms in total. The quantitative estimate of drug-likeness (QED) is 0.338. The summed E-state index contributed by atoms with van der Waals surface area (Å²) in [6.07, 6.45) is -3.68. The Hall–Kier alpha value is -2.90. The molecule has 146 valence electrons. The summed E-state index contributed by atoms with van der Waals surface area (Å²) in [6.45, 7) is 0. The van der Waals surface area contributed by atoms with Crippen LogP contribution in [0.4, 0.5) is 13.2 Å². The van der Waals surface area contributed by atoms with E-state index in [2.05, 4.69) is 9.97 Å². The highest BCUT2D eigenvalue weighted by Gasteiger charge is 2.30. The number of halogens is 4. The Morgan fingerprint density at radius 2 is 1.55 bits per heavy atom. The Bertz CT molecular complexity index is 1110. The number of thiazole rings is 1. The standard InChI is InChI=1S/C21H12ClF3N2OS/c22-16-6-1-13(2-7-16)18-12-29-20(27-18)14-3-8-17(9-4-14)28-19-10-5-15(11-26-19)21(23,24)25/h1-12H. The minimum Gasteiger partial charge on any atom is -0.439 e. The number of pyridine rings is 1. The summed E-state index contributed by atoms with van der Waals surface area (Å²) in [5, 5.41) is 3.48. The first-order chi connectivity index (χ1) is 13.9. The van der Waals surface area contributed by atoms with E-state index >= 15 is 0 Å². The van der Waals surface area contributed by atoms with Crippen molar-refractivity contribution in [1.82, 2.24) is 9.97 Å². The predicted molar refractivity (Wildman–Crippen MR) is 107 cm³/mol. The highest BCUT2D eigenvalue weighted by atomic mass is 35.5. The van der Waals surface area contributed by atoms with Crippen molar-refractivity contribution < 1.29 is 17.9 Å². The number of alkyl halides is 3. The Labute approximate surface area is 173 Å². The van der Waals surface area contributed by atoms with Gasteiger partial charge in [0.25, 0.3) is 0 Å². The minimum atomic E-state index is -4.42. The minimum absolute atomic E-state index is 0.0880. The fourth-order valence-electron chi connectivity index (χ4n) is 2.55. The van der Waals surface area contributed by atoms with Gasteiger partial charge >= 0.3 is 6.18 Å². The van der Waals surface area contributed by atoms with E-state index in [4.69, 9.17) is 16.3 Å². The van der Waals surface area contributed by atoms with E-state index < -0.39 is 11.7 Å². The molecule has 8 heteroatoms. The van der Waals surface area contributed by atoms with Crippen LogP contribution in [0.5, 0.6) is 11.6 Å². The first-order valence-electron chi connectivity index (χ1n) is 8.41. The second-order valence-electron chi connectivity index (χ2n) is 6.05. The first-order valence-corrected chi connectivity index (χ1v) is 9.67. The van der Waals surface area contributed by atoms with Crippen LogP contribution < -0.4 is 4.74 Å². The van der Waals surface area contributed by atoms with Gasteiger partial charge in [0.15, 0.2) is 0 Å². The van der Waals surface area contributed by atoms with Crippen LogP contribution in [0, 0.1) is 0 Å². The van der Waals surface area contributed by atoms with Gasteiger partial charge in [-0.25, -0.2) is 9.97 Å². The molecule has 0 radical (unpaired) electrons. The van der Waals surface area contributed by atoms with Crippen LogP contribution in [0.3, 0.4) is 0 Å². The lowest BCUT2D eigenvalue weighted by Gasteiger charge is -2.08. The molecule has 0 aliphatic heterocycles. The summed E-state index contributed by atoms with van der Waals surface area (Å²) in [7, 11) is 0. The zero-order valence-corrected chi connectivity index (χ0v) is 16.2. The van der Waals surface area contributed by atoms with Crippen LogP contribution in [-0.2, 0) is 6.18 Å². The number of aromatic nitrogens is 2. The molecule has 2 aromatic heterocycles. The van der Waals surface area contributed by atoms with Crippen molar-refractivity contribution >= 4 is 22.9 Å². The van der Waals surface area contributed by atoms with Gasteiger partial charge in [0.1, 0.15) is 10.8 Å². The van der Waals surface area contributed by atoms with Crippen LogP contribution in [0.1, 0.15) is 5.56 Å². The maximum atomic E-state index is 12.6. The van der Waals surface area contributed by atoms with Crippen LogP contribution in [0.25, 0.3) is 21.8 Å². The molecule has 0 unspecified atom stereocenters. The van der Waals surface area contributed by atoms with E-state index in [1.807, 2.05) is 41.8 Å². The maximum Gasteiger partial charge on any atom is 0.417 e. The molecule has 0 amide bonds. The van der Waals surface area contributed by atoms with Gasteiger partial charge in [-0.3, -0.25) is 0 Å². The van der Waals surface area contributed by atoms with Crippen LogP contribution >= 0.6 is 22.9 Å². The van der Waals surface area contributed by atoms with E-state index in [0.717, 1.165) is 34.1 Å². The topological polar surface area (TPSA) is 35.0 Å². The molecule has 4 aromatic rings. The van der Waals surface area contributed by atoms with E-state index in [1.54, 1.807) is 12.1 Å². The molecule has 4 rings (SSSR count). The summed E-state index contributed by atoms with van der Waals surface area (Å²) >= 11 is 7.43. The van der Waals surface area contributed by atoms with Gasteiger partial charge in [-0.2, -0.15) is 13.2 Å². The molecule has 2 aromatic carbocycles. The summed E-state index contributed by atoms with van der Waals surface area (Å²) < 4.78 is 43.3. The van der Waals surface area contributed by atoms with Crippen molar-refractivity contribution in [3.63, 3.8) is 0 Å². The molecule has 29 heavy (non-hydrogen) atoms. The van der Waals surface area contributed by atoms with Gasteiger partial charge in [0, 0.05) is 33.8 Å². The number of nitrogens with zero attached hydrogens (tertiary/aromatic N) is 2. The molecular formula is C21H12ClF3N2OS. The molecule has 0 atom stereocenters. The number of hydrogen-bond acceptors (Lipinski definition) is 4. The number of ether oxygens (including phenoxy) is 1. The summed E-state index contributed by atoms with van der Waals surface area (Å²) in [6, 6.07) is 16.7. The molecule has 0 N–H and O–H groups in total. The van der Waals surface area contributed by atoms with Gasteiger partial charge < -0.3 is 4.74 Å². The Morgan fingerprint density at radius 1 is 0.862 bits per heavy atom. The normalized spacial score (nSPS) is 11.4. The van der Waals surface area contributed by atoms with Crippen LogP contribution in [0.2, 0.25) is 5.02 Å². The zero-order chi connectivity index (χ0) is 20.4. The van der Waals surface area contributed by atoms with Gasteiger partial charge in [-0.05, 0) is 42.5 Å². The molecule has 0 spiro atoms. The Balaban J connectivity index is 1.47. The van der Waals surface area contributed by atoms with Crippen molar-refractivity contribution in [2.75, 3.05) is 0 Å². The maximum absolute atomic E-state index is 12.6. The van der Waals surface area contributed by atoms with Gasteiger partial charge in [0.2, 0.25) is 5.88 Å². The van der Waals surface area contributed by atoms with Crippen molar-refractivity contribution in [1.29, 1.82) is 0 Å². The third-order valence-corrected chi connectivity index (χ3v) is 5.17. The number of benzene rings is 2. The van der Waals surface area contributed by atoms with Gasteiger partial charge in [-0.15, -0.1) is 11.3 Å². The second kappa shape index (κ2) is 7.85. The summed E-state index contributed by atoms with van der Waals surface area (Å²) in [5.74, 6) is 0.556. The van der Waals surface area contributed by atoms with Gasteiger partial charge in [0.05, 0.1) is 11.3 Å². The highest BCUT2D eigenvalue weighted by Crippen LogP contribution is 2.32. The Morgan fingerprint density at radius 3 is 2.17 bits per heavy atom. The van der Waals surface area contributed by atoms with Crippen molar-refractivity contribution in [3.8, 4) is 33.5 Å². The highest BCUT2D eigenvalue weighted by molar-refractivity contribution is 7.13. The molecule has 0 bridgehead atoms. The zero-order valence-electron chi connectivity index (χ0n) is 14.7. The first kappa shape index (κ1) is 19.4. The predicted octanol–water partition coefficient (Wildman–Crippen LogP) is 7.34. The largest absolute Gasteiger partial charge is 0.439 e. The van der Waals surface area contributed by atoms with Crippen LogP contribution in [-0.4, -0.2) is 9.97 Å². The number of hydrogen-bond donors (Lipinski definition) is 0. The molecule has 0 saturated carbocycles. The monoisotopic (exact) mass is 432 g/mol. The number of rotatable bonds is 4. The average molecular weight is 433 g/mol. The van der Waals surface area contributed by atoms with E-state index in [9.17, 15) is 13.2 Å². The molecular weight excluding hydrogens is 421 g/mol. The fourth-order valence-corrected chi connectivity index (χ4v) is 3.52. The third-order valence-electron chi connectivity index (χ3n) is 4.03. The summed E-state index contributed by atoms with van der Waals surface area (Å²) in [4.78, 5) is 8.34. The van der Waals surface area contributed by atoms with E-state index in [0.29, 0.717) is 10.8 Å². The smallest absolute Gasteiger partial charge is 0.417 e. The lowest BCUT2D eigenvalue weighted by atomic mass is 10.2. The SMILES string of the molecule is FC(F)(F)c1ccc(Oc2ccc(-c3nc(-c4ccc(Cl)cc4)cs3)cc2)nc1. The lowest BCUT2D eigenvalue weighted by molar-refractivity contribution is -0.137. The third kappa shape index (κ3) is 4.58. The van der Waals surface area contributed by atoms with Crippen molar-refractivity contribution in [2.45, 2.75) is 6.18 Å². The molecule has 0 fully saturated rings. The van der Waals surface area contributed by atoms with Crippen molar-refractivity contribution in [3.05, 3.63) is 82.8 Å².